The topological polar surface area (TPSA) is 52.1 Å². The number of thiazole rings is 1. The third-order valence-electron chi connectivity index (χ3n) is 2.77. The van der Waals surface area contributed by atoms with Gasteiger partial charge in [0.2, 0.25) is 0 Å². The Balaban J connectivity index is 1.90. The quantitative estimate of drug-likeness (QED) is 0.766. The van der Waals surface area contributed by atoms with Crippen LogP contribution < -0.4 is 0 Å². The fraction of sp³-hybridized carbons (Fsp3) is 0.400. The lowest BCUT2D eigenvalue weighted by Gasteiger charge is -2.12. The first-order chi connectivity index (χ1) is 9.69. The van der Waals surface area contributed by atoms with E-state index in [1.54, 1.807) is 18.6 Å². The molecule has 2 aromatic heterocycles. The molecular formula is C15H18N2O2S. The first-order valence-electron chi connectivity index (χ1n) is 6.73. The van der Waals surface area contributed by atoms with Crippen molar-refractivity contribution in [3.05, 3.63) is 46.2 Å². The van der Waals surface area contributed by atoms with Gasteiger partial charge in [-0.15, -0.1) is 11.3 Å². The molecule has 0 saturated heterocycles. The number of pyridine rings is 1. The van der Waals surface area contributed by atoms with E-state index in [9.17, 15) is 4.79 Å². The van der Waals surface area contributed by atoms with Crippen LogP contribution in [0.25, 0.3) is 0 Å². The van der Waals surface area contributed by atoms with E-state index in [0.29, 0.717) is 11.3 Å². The highest BCUT2D eigenvalue weighted by atomic mass is 32.1. The molecule has 106 valence electrons. The zero-order valence-corrected chi connectivity index (χ0v) is 12.5. The summed E-state index contributed by atoms with van der Waals surface area (Å²) in [6.45, 7) is 3.98. The maximum atomic E-state index is 12.0. The van der Waals surface area contributed by atoms with Crippen LogP contribution in [0.2, 0.25) is 0 Å². The molecule has 0 saturated carbocycles. The van der Waals surface area contributed by atoms with E-state index in [-0.39, 0.29) is 12.1 Å². The van der Waals surface area contributed by atoms with E-state index in [1.165, 1.54) is 11.3 Å². The highest BCUT2D eigenvalue weighted by Crippen LogP contribution is 2.17. The van der Waals surface area contributed by atoms with E-state index in [0.717, 1.165) is 23.4 Å². The Morgan fingerprint density at radius 1 is 1.45 bits per heavy atom. The lowest BCUT2D eigenvalue weighted by Crippen LogP contribution is -2.16. The molecule has 0 fully saturated rings. The Morgan fingerprint density at radius 3 is 3.00 bits per heavy atom. The van der Waals surface area contributed by atoms with Crippen molar-refractivity contribution in [3.8, 4) is 0 Å². The molecule has 0 aliphatic carbocycles. The van der Waals surface area contributed by atoms with Crippen LogP contribution in [0.3, 0.4) is 0 Å². The van der Waals surface area contributed by atoms with Gasteiger partial charge in [0.05, 0.1) is 11.2 Å². The number of ether oxygens (including phenoxy) is 1. The van der Waals surface area contributed by atoms with Crippen LogP contribution >= 0.6 is 11.3 Å². The number of hydrogen-bond acceptors (Lipinski definition) is 5. The molecular weight excluding hydrogens is 272 g/mol. The van der Waals surface area contributed by atoms with Gasteiger partial charge in [-0.05, 0) is 31.4 Å². The van der Waals surface area contributed by atoms with Crippen LogP contribution in [0.1, 0.15) is 40.5 Å². The summed E-state index contributed by atoms with van der Waals surface area (Å²) < 4.78 is 5.44. The Kier molecular flexibility index (Phi) is 5.24. The van der Waals surface area contributed by atoms with Gasteiger partial charge in [0.15, 0.2) is 0 Å². The van der Waals surface area contributed by atoms with E-state index >= 15 is 0 Å². The molecule has 0 bridgehead atoms. The van der Waals surface area contributed by atoms with Gasteiger partial charge < -0.3 is 4.74 Å². The number of aryl methyl sites for hydroxylation is 1. The smallest absolute Gasteiger partial charge is 0.350 e. The van der Waals surface area contributed by atoms with Crippen molar-refractivity contribution >= 4 is 17.3 Å². The van der Waals surface area contributed by atoms with Gasteiger partial charge in [-0.3, -0.25) is 4.98 Å². The van der Waals surface area contributed by atoms with Crippen LogP contribution in [0, 0.1) is 0 Å². The predicted molar refractivity (Wildman–Crippen MR) is 78.9 cm³/mol. The number of esters is 1. The molecule has 4 nitrogen and oxygen atoms in total. The van der Waals surface area contributed by atoms with Gasteiger partial charge in [-0.1, -0.05) is 13.0 Å². The first-order valence-corrected chi connectivity index (χ1v) is 7.55. The summed E-state index contributed by atoms with van der Waals surface area (Å²) in [5, 5.41) is 0.986. The lowest BCUT2D eigenvalue weighted by atomic mass is 10.1. The normalized spacial score (nSPS) is 12.1. The van der Waals surface area contributed by atoms with Crippen LogP contribution in [-0.4, -0.2) is 22.0 Å². The molecule has 0 unspecified atom stereocenters. The van der Waals surface area contributed by atoms with Crippen molar-refractivity contribution in [3.63, 3.8) is 0 Å². The monoisotopic (exact) mass is 290 g/mol. The average Bonchev–Trinajstić information content (AvgIpc) is 2.89. The van der Waals surface area contributed by atoms with Gasteiger partial charge in [0.25, 0.3) is 0 Å². The molecule has 0 aliphatic rings. The summed E-state index contributed by atoms with van der Waals surface area (Å²) in [6.07, 6.45) is 7.55. The maximum absolute atomic E-state index is 12.0. The standard InChI is InChI=1S/C15H18N2O2S/c1-3-5-14-17-10-13(20-14)15(18)19-11(2)8-12-6-4-7-16-9-12/h4,6-7,9-11H,3,5,8H2,1-2H3/t11-/m0/s1. The van der Waals surface area contributed by atoms with E-state index < -0.39 is 0 Å². The predicted octanol–water partition coefficient (Wildman–Crippen LogP) is 3.28. The van der Waals surface area contributed by atoms with Crippen LogP contribution in [0.4, 0.5) is 0 Å². The summed E-state index contributed by atoms with van der Waals surface area (Å²) in [5.74, 6) is -0.291. The van der Waals surface area contributed by atoms with Gasteiger partial charge in [-0.25, -0.2) is 9.78 Å². The molecule has 0 amide bonds. The third kappa shape index (κ3) is 4.13. The van der Waals surface area contributed by atoms with E-state index in [1.807, 2.05) is 19.1 Å². The molecule has 0 aromatic carbocycles. The number of carbonyl (C=O) groups excluding carboxylic acids is 1. The van der Waals surface area contributed by atoms with Gasteiger partial charge in [0.1, 0.15) is 11.0 Å². The zero-order valence-electron chi connectivity index (χ0n) is 11.7. The fourth-order valence-corrected chi connectivity index (χ4v) is 2.77. The number of nitrogens with zero attached hydrogens (tertiary/aromatic N) is 2. The molecule has 0 radical (unpaired) electrons. The second kappa shape index (κ2) is 7.14. The van der Waals surface area contributed by atoms with Crippen molar-refractivity contribution in [1.82, 2.24) is 9.97 Å². The summed E-state index contributed by atoms with van der Waals surface area (Å²) in [7, 11) is 0. The Hall–Kier alpha value is -1.75. The van der Waals surface area contributed by atoms with Crippen molar-refractivity contribution in [2.24, 2.45) is 0 Å². The van der Waals surface area contributed by atoms with Crippen LogP contribution in [0.5, 0.6) is 0 Å². The molecule has 0 N–H and O–H groups in total. The second-order valence-corrected chi connectivity index (χ2v) is 5.76. The van der Waals surface area contributed by atoms with Crippen LogP contribution in [0.15, 0.2) is 30.7 Å². The maximum Gasteiger partial charge on any atom is 0.350 e. The van der Waals surface area contributed by atoms with Gasteiger partial charge in [-0.2, -0.15) is 0 Å². The second-order valence-electron chi connectivity index (χ2n) is 4.65. The zero-order chi connectivity index (χ0) is 14.4. The largest absolute Gasteiger partial charge is 0.458 e. The van der Waals surface area contributed by atoms with E-state index in [4.69, 9.17) is 4.74 Å². The minimum Gasteiger partial charge on any atom is -0.458 e. The number of aromatic nitrogens is 2. The minimum absolute atomic E-state index is 0.177. The first kappa shape index (κ1) is 14.7. The lowest BCUT2D eigenvalue weighted by molar-refractivity contribution is 0.0348. The van der Waals surface area contributed by atoms with Crippen molar-refractivity contribution < 1.29 is 9.53 Å². The highest BCUT2D eigenvalue weighted by molar-refractivity contribution is 7.13. The molecule has 0 aliphatic heterocycles. The van der Waals surface area contributed by atoms with Crippen molar-refractivity contribution in [2.75, 3.05) is 0 Å². The molecule has 2 rings (SSSR count). The average molecular weight is 290 g/mol. The summed E-state index contributed by atoms with van der Waals surface area (Å²) in [4.78, 5) is 20.8. The van der Waals surface area contributed by atoms with Gasteiger partial charge >= 0.3 is 5.97 Å². The number of carbonyl (C=O) groups is 1. The molecule has 1 atom stereocenters. The Labute approximate surface area is 122 Å². The molecule has 2 heterocycles. The van der Waals surface area contributed by atoms with Crippen LogP contribution in [-0.2, 0) is 17.6 Å². The Morgan fingerprint density at radius 2 is 2.30 bits per heavy atom. The fourth-order valence-electron chi connectivity index (χ4n) is 1.87. The molecule has 5 heteroatoms. The molecule has 2 aromatic rings. The number of rotatable bonds is 6. The Bertz CT molecular complexity index is 554. The molecule has 0 spiro atoms. The summed E-state index contributed by atoms with van der Waals surface area (Å²) in [5.41, 5.74) is 1.06. The third-order valence-corrected chi connectivity index (χ3v) is 3.81. The summed E-state index contributed by atoms with van der Waals surface area (Å²) >= 11 is 1.42. The SMILES string of the molecule is CCCc1ncc(C(=O)O[C@@H](C)Cc2cccnc2)s1. The van der Waals surface area contributed by atoms with Crippen molar-refractivity contribution in [1.29, 1.82) is 0 Å². The van der Waals surface area contributed by atoms with Crippen molar-refractivity contribution in [2.45, 2.75) is 39.2 Å². The molecule has 20 heavy (non-hydrogen) atoms. The summed E-state index contributed by atoms with van der Waals surface area (Å²) in [6, 6.07) is 3.85. The minimum atomic E-state index is -0.291. The van der Waals surface area contributed by atoms with Gasteiger partial charge in [0, 0.05) is 18.8 Å². The van der Waals surface area contributed by atoms with E-state index in [2.05, 4.69) is 16.9 Å². The number of hydrogen-bond donors (Lipinski definition) is 0. The highest BCUT2D eigenvalue weighted by Gasteiger charge is 2.15.